The molecule has 0 fully saturated rings. The zero-order valence-electron chi connectivity index (χ0n) is 12.4. The summed E-state index contributed by atoms with van der Waals surface area (Å²) in [6, 6.07) is 8.27. The van der Waals surface area contributed by atoms with Gasteiger partial charge in [0.2, 0.25) is 0 Å². The Labute approximate surface area is 131 Å². The van der Waals surface area contributed by atoms with Crippen LogP contribution >= 0.6 is 0 Å². The number of hydrogen-bond donors (Lipinski definition) is 1. The molecule has 1 aromatic carbocycles. The lowest BCUT2D eigenvalue weighted by Gasteiger charge is -2.25. The number of aryl methyl sites for hydroxylation is 1. The molecule has 23 heavy (non-hydrogen) atoms. The molecule has 0 saturated carbocycles. The number of carbonyl (C=O) groups is 1. The Morgan fingerprint density at radius 2 is 2.13 bits per heavy atom. The highest BCUT2D eigenvalue weighted by atomic mass is 16.3. The summed E-state index contributed by atoms with van der Waals surface area (Å²) in [5.74, 6) is -0.208. The number of fused-ring (bicyclic) bond motifs is 2. The molecule has 2 heterocycles. The molecule has 0 aliphatic heterocycles. The molecular weight excluding hydrogens is 294 g/mol. The van der Waals surface area contributed by atoms with Crippen molar-refractivity contribution in [2.45, 2.75) is 25.3 Å². The van der Waals surface area contributed by atoms with Crippen LogP contribution in [0.1, 0.15) is 27.9 Å². The predicted octanol–water partition coefficient (Wildman–Crippen LogP) is 1.57. The normalized spacial score (nSPS) is 17.0. The predicted molar refractivity (Wildman–Crippen MR) is 83.4 cm³/mol. The molecule has 116 valence electrons. The highest BCUT2D eigenvalue weighted by Gasteiger charge is 2.22. The molecule has 1 atom stereocenters. The second-order valence-electron chi connectivity index (χ2n) is 5.71. The summed E-state index contributed by atoms with van der Waals surface area (Å²) in [7, 11) is 0. The first-order valence-electron chi connectivity index (χ1n) is 7.55. The van der Waals surface area contributed by atoms with Gasteiger partial charge in [0.1, 0.15) is 11.8 Å². The minimum absolute atomic E-state index is 0.0295. The maximum Gasteiger partial charge on any atom is 0.308 e. The third-order valence-corrected chi connectivity index (χ3v) is 4.27. The van der Waals surface area contributed by atoms with Crippen LogP contribution in [0.5, 0.6) is 0 Å². The third kappa shape index (κ3) is 2.42. The van der Waals surface area contributed by atoms with E-state index in [4.69, 9.17) is 4.42 Å². The van der Waals surface area contributed by atoms with E-state index < -0.39 is 5.56 Å². The number of carbonyl (C=O) groups excluding carboxylic acids is 1. The van der Waals surface area contributed by atoms with Crippen molar-refractivity contribution in [2.75, 3.05) is 0 Å². The van der Waals surface area contributed by atoms with Crippen molar-refractivity contribution in [3.63, 3.8) is 0 Å². The van der Waals surface area contributed by atoms with E-state index in [2.05, 4.69) is 22.4 Å². The molecule has 1 amide bonds. The van der Waals surface area contributed by atoms with Crippen LogP contribution in [0.15, 0.2) is 52.1 Å². The van der Waals surface area contributed by atoms with Gasteiger partial charge in [0.15, 0.2) is 0 Å². The summed E-state index contributed by atoms with van der Waals surface area (Å²) in [4.78, 5) is 28.7. The molecule has 3 aromatic rings. The second kappa shape index (κ2) is 5.39. The average Bonchev–Trinajstić information content (AvgIpc) is 3.04. The quantitative estimate of drug-likeness (QED) is 0.779. The molecule has 6 heteroatoms. The molecule has 0 spiro atoms. The highest BCUT2D eigenvalue weighted by Crippen LogP contribution is 2.21. The summed E-state index contributed by atoms with van der Waals surface area (Å²) in [5, 5.41) is 2.95. The fourth-order valence-corrected chi connectivity index (χ4v) is 3.06. The molecule has 2 aromatic heterocycles. The fraction of sp³-hybridized carbons (Fsp3) is 0.235. The topological polar surface area (TPSA) is 76.6 Å². The molecule has 1 unspecified atom stereocenters. The fourth-order valence-electron chi connectivity index (χ4n) is 3.06. The minimum atomic E-state index is -0.419. The number of nitrogens with one attached hydrogen (secondary N) is 1. The number of nitrogens with zero attached hydrogens (tertiary/aromatic N) is 2. The van der Waals surface area contributed by atoms with Crippen LogP contribution in [0.2, 0.25) is 0 Å². The van der Waals surface area contributed by atoms with Gasteiger partial charge in [-0.05, 0) is 30.4 Å². The largest absolute Gasteiger partial charge is 0.432 e. The van der Waals surface area contributed by atoms with Crippen LogP contribution < -0.4 is 10.9 Å². The van der Waals surface area contributed by atoms with Gasteiger partial charge in [0, 0.05) is 6.04 Å². The van der Waals surface area contributed by atoms with E-state index in [0.29, 0.717) is 0 Å². The summed E-state index contributed by atoms with van der Waals surface area (Å²) >= 11 is 0. The Balaban J connectivity index is 1.56. The lowest BCUT2D eigenvalue weighted by Crippen LogP contribution is -2.41. The van der Waals surface area contributed by atoms with Crippen molar-refractivity contribution in [3.05, 3.63) is 70.0 Å². The van der Waals surface area contributed by atoms with Gasteiger partial charge in [0.05, 0.1) is 12.4 Å². The number of oxazole rings is 1. The lowest BCUT2D eigenvalue weighted by atomic mass is 9.88. The van der Waals surface area contributed by atoms with Gasteiger partial charge in [0.25, 0.3) is 11.5 Å². The van der Waals surface area contributed by atoms with Gasteiger partial charge in [-0.15, -0.1) is 0 Å². The maximum atomic E-state index is 12.4. The number of aromatic nitrogens is 2. The number of hydrogen-bond acceptors (Lipinski definition) is 4. The first-order chi connectivity index (χ1) is 11.2. The Bertz CT molecular complexity index is 941. The van der Waals surface area contributed by atoms with E-state index in [0.717, 1.165) is 19.3 Å². The SMILES string of the molecule is O=C(NC1CCc2ccccc2C1)c1cnc2occn2c1=O. The van der Waals surface area contributed by atoms with Gasteiger partial charge >= 0.3 is 5.84 Å². The van der Waals surface area contributed by atoms with Crippen molar-refractivity contribution >= 4 is 11.8 Å². The van der Waals surface area contributed by atoms with Crippen LogP contribution in [0.25, 0.3) is 5.84 Å². The zero-order chi connectivity index (χ0) is 15.8. The van der Waals surface area contributed by atoms with Crippen molar-refractivity contribution in [2.24, 2.45) is 0 Å². The van der Waals surface area contributed by atoms with Gasteiger partial charge in [-0.2, -0.15) is 0 Å². The molecule has 0 saturated heterocycles. The van der Waals surface area contributed by atoms with Gasteiger partial charge in [-0.1, -0.05) is 24.3 Å². The summed E-state index contributed by atoms with van der Waals surface area (Å²) < 4.78 is 6.27. The number of amides is 1. The second-order valence-corrected chi connectivity index (χ2v) is 5.71. The van der Waals surface area contributed by atoms with Gasteiger partial charge < -0.3 is 9.73 Å². The average molecular weight is 309 g/mol. The van der Waals surface area contributed by atoms with Crippen LogP contribution in [-0.2, 0) is 12.8 Å². The van der Waals surface area contributed by atoms with Gasteiger partial charge in [-0.25, -0.2) is 9.38 Å². The Kier molecular flexibility index (Phi) is 3.22. The first-order valence-corrected chi connectivity index (χ1v) is 7.55. The van der Waals surface area contributed by atoms with E-state index in [-0.39, 0.29) is 23.4 Å². The monoisotopic (exact) mass is 309 g/mol. The van der Waals surface area contributed by atoms with Crippen LogP contribution in [0.4, 0.5) is 0 Å². The van der Waals surface area contributed by atoms with Crippen molar-refractivity contribution in [3.8, 4) is 0 Å². The molecule has 6 nitrogen and oxygen atoms in total. The number of rotatable bonds is 2. The van der Waals surface area contributed by atoms with Crippen molar-refractivity contribution in [1.82, 2.24) is 14.7 Å². The van der Waals surface area contributed by atoms with Crippen LogP contribution in [0.3, 0.4) is 0 Å². The molecule has 1 aliphatic carbocycles. The van der Waals surface area contributed by atoms with E-state index in [9.17, 15) is 9.59 Å². The molecule has 1 aliphatic rings. The van der Waals surface area contributed by atoms with E-state index in [1.54, 1.807) is 0 Å². The first kappa shape index (κ1) is 13.8. The molecular formula is C17H15N3O3. The zero-order valence-corrected chi connectivity index (χ0v) is 12.4. The summed E-state index contributed by atoms with van der Waals surface area (Å²) in [5.41, 5.74) is 2.20. The Morgan fingerprint density at radius 1 is 1.30 bits per heavy atom. The smallest absolute Gasteiger partial charge is 0.308 e. The van der Waals surface area contributed by atoms with Crippen molar-refractivity contribution < 1.29 is 9.21 Å². The highest BCUT2D eigenvalue weighted by molar-refractivity contribution is 5.93. The van der Waals surface area contributed by atoms with E-state index in [1.165, 1.54) is 34.2 Å². The third-order valence-electron chi connectivity index (χ3n) is 4.27. The standard InChI is InChI=1S/C17H15N3O3/c21-15(14-10-18-17-20(16(14)22)7-8-23-17)19-13-6-5-11-3-1-2-4-12(11)9-13/h1-4,7-8,10,13H,5-6,9H2,(H,19,21). The Hall–Kier alpha value is -2.89. The van der Waals surface area contributed by atoms with E-state index >= 15 is 0 Å². The van der Waals surface area contributed by atoms with Crippen molar-refractivity contribution in [1.29, 1.82) is 0 Å². The molecule has 1 N–H and O–H groups in total. The summed E-state index contributed by atoms with van der Waals surface area (Å²) in [6.45, 7) is 0. The van der Waals surface area contributed by atoms with Crippen LogP contribution in [-0.4, -0.2) is 21.3 Å². The number of benzene rings is 1. The van der Waals surface area contributed by atoms with Crippen LogP contribution in [0, 0.1) is 0 Å². The molecule has 0 bridgehead atoms. The minimum Gasteiger partial charge on any atom is -0.432 e. The van der Waals surface area contributed by atoms with E-state index in [1.807, 2.05) is 12.1 Å². The van der Waals surface area contributed by atoms with Gasteiger partial charge in [-0.3, -0.25) is 9.59 Å². The summed E-state index contributed by atoms with van der Waals surface area (Å²) in [6.07, 6.45) is 6.67. The maximum absolute atomic E-state index is 12.4. The lowest BCUT2D eigenvalue weighted by molar-refractivity contribution is 0.0931. The Morgan fingerprint density at radius 3 is 3.00 bits per heavy atom. The molecule has 4 rings (SSSR count). The molecule has 0 radical (unpaired) electrons.